The highest BCUT2D eigenvalue weighted by molar-refractivity contribution is 7.80. The fourth-order valence-electron chi connectivity index (χ4n) is 3.55. The van der Waals surface area contributed by atoms with E-state index in [0.717, 1.165) is 0 Å². The maximum absolute atomic E-state index is 13.4. The predicted molar refractivity (Wildman–Crippen MR) is 131 cm³/mol. The van der Waals surface area contributed by atoms with Gasteiger partial charge in [-0.05, 0) is 55.5 Å². The second-order valence-electron chi connectivity index (χ2n) is 7.53. The SMILES string of the molecule is CCOC(=O)c1ccc(N2C(=O)[C@@H](CC(=O)Nc3ccccc3)N(CCNC(C)=O)C2=S)cc1. The molecule has 1 aliphatic heterocycles. The Morgan fingerprint density at radius 2 is 1.74 bits per heavy atom. The molecule has 0 radical (unpaired) electrons. The third kappa shape index (κ3) is 5.96. The summed E-state index contributed by atoms with van der Waals surface area (Å²) in [5.74, 6) is -1.37. The van der Waals surface area contributed by atoms with E-state index in [1.54, 1.807) is 60.4 Å². The fourth-order valence-corrected chi connectivity index (χ4v) is 3.96. The van der Waals surface area contributed by atoms with Gasteiger partial charge in [0.25, 0.3) is 5.91 Å². The van der Waals surface area contributed by atoms with Crippen LogP contribution < -0.4 is 15.5 Å². The number of nitrogens with zero attached hydrogens (tertiary/aromatic N) is 2. The first-order chi connectivity index (χ1) is 16.3. The van der Waals surface area contributed by atoms with Crippen LogP contribution in [0.2, 0.25) is 0 Å². The minimum Gasteiger partial charge on any atom is -0.462 e. The first-order valence-corrected chi connectivity index (χ1v) is 11.2. The van der Waals surface area contributed by atoms with Crippen molar-refractivity contribution in [3.63, 3.8) is 0 Å². The van der Waals surface area contributed by atoms with Gasteiger partial charge in [0.05, 0.1) is 24.3 Å². The fraction of sp³-hybridized carbons (Fsp3) is 0.292. The van der Waals surface area contributed by atoms with Crippen LogP contribution in [0.25, 0.3) is 0 Å². The molecule has 1 aliphatic rings. The zero-order chi connectivity index (χ0) is 24.7. The molecule has 0 aliphatic carbocycles. The van der Waals surface area contributed by atoms with Gasteiger partial charge in [-0.2, -0.15) is 0 Å². The van der Waals surface area contributed by atoms with Crippen LogP contribution in [0.5, 0.6) is 0 Å². The summed E-state index contributed by atoms with van der Waals surface area (Å²) in [6.45, 7) is 3.89. The molecule has 2 aromatic rings. The Balaban J connectivity index is 1.80. The first-order valence-electron chi connectivity index (χ1n) is 10.8. The Hall–Kier alpha value is -3.79. The number of nitrogens with one attached hydrogen (secondary N) is 2. The van der Waals surface area contributed by atoms with E-state index in [2.05, 4.69) is 10.6 Å². The summed E-state index contributed by atoms with van der Waals surface area (Å²) >= 11 is 5.58. The standard InChI is InChI=1S/C24H26N4O5S/c1-3-33-23(32)17-9-11-19(12-10-17)28-22(31)20(27(24(28)34)14-13-25-16(2)29)15-21(30)26-18-7-5-4-6-8-18/h4-12,20H,3,13-15H2,1-2H3,(H,25,29)(H,26,30)/t20-/m1/s1. The molecular weight excluding hydrogens is 456 g/mol. The van der Waals surface area contributed by atoms with Gasteiger partial charge in [-0.1, -0.05) is 18.2 Å². The molecule has 9 nitrogen and oxygen atoms in total. The minimum atomic E-state index is -0.838. The van der Waals surface area contributed by atoms with E-state index in [0.29, 0.717) is 16.9 Å². The second kappa shape index (κ2) is 11.4. The normalized spacial score (nSPS) is 15.3. The van der Waals surface area contributed by atoms with Crippen molar-refractivity contribution in [1.29, 1.82) is 0 Å². The number of hydrogen-bond donors (Lipinski definition) is 2. The summed E-state index contributed by atoms with van der Waals surface area (Å²) in [5, 5.41) is 5.69. The maximum atomic E-state index is 13.4. The molecule has 0 aromatic heterocycles. The number of anilines is 2. The zero-order valence-electron chi connectivity index (χ0n) is 18.9. The topological polar surface area (TPSA) is 108 Å². The van der Waals surface area contributed by atoms with Crippen molar-refractivity contribution in [3.8, 4) is 0 Å². The van der Waals surface area contributed by atoms with Gasteiger partial charge in [0.15, 0.2) is 5.11 Å². The molecule has 3 rings (SSSR count). The van der Waals surface area contributed by atoms with Crippen LogP contribution in [-0.2, 0) is 19.1 Å². The van der Waals surface area contributed by atoms with E-state index in [1.807, 2.05) is 6.07 Å². The van der Waals surface area contributed by atoms with Crippen LogP contribution in [0, 0.1) is 0 Å². The molecule has 1 atom stereocenters. The van der Waals surface area contributed by atoms with Gasteiger partial charge in [0, 0.05) is 25.7 Å². The lowest BCUT2D eigenvalue weighted by atomic mass is 10.1. The van der Waals surface area contributed by atoms with Crippen LogP contribution in [0.3, 0.4) is 0 Å². The Labute approximate surface area is 203 Å². The Kier molecular flexibility index (Phi) is 8.31. The van der Waals surface area contributed by atoms with Crippen LogP contribution in [-0.4, -0.2) is 59.4 Å². The van der Waals surface area contributed by atoms with Crippen molar-refractivity contribution in [1.82, 2.24) is 10.2 Å². The van der Waals surface area contributed by atoms with Crippen molar-refractivity contribution < 1.29 is 23.9 Å². The molecule has 0 saturated carbocycles. The average Bonchev–Trinajstić information content (AvgIpc) is 3.03. The minimum absolute atomic E-state index is 0.120. The average molecular weight is 483 g/mol. The number of para-hydroxylation sites is 1. The van der Waals surface area contributed by atoms with Crippen LogP contribution in [0.1, 0.15) is 30.6 Å². The monoisotopic (exact) mass is 482 g/mol. The van der Waals surface area contributed by atoms with Crippen molar-refractivity contribution in [3.05, 3.63) is 60.2 Å². The van der Waals surface area contributed by atoms with Gasteiger partial charge in [-0.3, -0.25) is 19.3 Å². The van der Waals surface area contributed by atoms with Gasteiger partial charge >= 0.3 is 5.97 Å². The van der Waals surface area contributed by atoms with Crippen molar-refractivity contribution in [2.45, 2.75) is 26.3 Å². The van der Waals surface area contributed by atoms with E-state index >= 15 is 0 Å². The summed E-state index contributed by atoms with van der Waals surface area (Å²) in [5.41, 5.74) is 1.44. The number of carbonyl (C=O) groups is 4. The smallest absolute Gasteiger partial charge is 0.338 e. The van der Waals surface area contributed by atoms with E-state index < -0.39 is 12.0 Å². The molecular formula is C24H26N4O5S. The molecule has 0 unspecified atom stereocenters. The maximum Gasteiger partial charge on any atom is 0.338 e. The zero-order valence-corrected chi connectivity index (χ0v) is 19.8. The molecule has 2 N–H and O–H groups in total. The molecule has 34 heavy (non-hydrogen) atoms. The molecule has 1 heterocycles. The summed E-state index contributed by atoms with van der Waals surface area (Å²) < 4.78 is 4.99. The molecule has 0 bridgehead atoms. The highest BCUT2D eigenvalue weighted by Crippen LogP contribution is 2.27. The third-order valence-corrected chi connectivity index (χ3v) is 5.54. The lowest BCUT2D eigenvalue weighted by molar-refractivity contribution is -0.124. The lowest BCUT2D eigenvalue weighted by Crippen LogP contribution is -2.42. The Morgan fingerprint density at radius 3 is 2.35 bits per heavy atom. The Morgan fingerprint density at radius 1 is 1.06 bits per heavy atom. The van der Waals surface area contributed by atoms with E-state index in [4.69, 9.17) is 17.0 Å². The first kappa shape index (κ1) is 24.8. The van der Waals surface area contributed by atoms with E-state index in [-0.39, 0.29) is 49.0 Å². The number of esters is 1. The van der Waals surface area contributed by atoms with Gasteiger partial charge in [0.1, 0.15) is 6.04 Å². The molecule has 178 valence electrons. The quantitative estimate of drug-likeness (QED) is 0.417. The van der Waals surface area contributed by atoms with Gasteiger partial charge in [-0.15, -0.1) is 0 Å². The Bertz CT molecular complexity index is 1070. The molecule has 1 fully saturated rings. The highest BCUT2D eigenvalue weighted by Gasteiger charge is 2.43. The number of hydrogen-bond acceptors (Lipinski definition) is 6. The summed E-state index contributed by atoms with van der Waals surface area (Å²) in [6.07, 6.45) is -0.120. The van der Waals surface area contributed by atoms with Crippen LogP contribution in [0.15, 0.2) is 54.6 Å². The predicted octanol–water partition coefficient (Wildman–Crippen LogP) is 2.33. The third-order valence-electron chi connectivity index (χ3n) is 5.12. The van der Waals surface area contributed by atoms with Gasteiger partial charge in [0.2, 0.25) is 11.8 Å². The number of rotatable bonds is 9. The number of benzene rings is 2. The van der Waals surface area contributed by atoms with Crippen molar-refractivity contribution >= 4 is 52.4 Å². The van der Waals surface area contributed by atoms with Crippen molar-refractivity contribution in [2.75, 3.05) is 29.9 Å². The van der Waals surface area contributed by atoms with Gasteiger partial charge < -0.3 is 20.3 Å². The van der Waals surface area contributed by atoms with Crippen molar-refractivity contribution in [2.24, 2.45) is 0 Å². The summed E-state index contributed by atoms with van der Waals surface area (Å²) in [7, 11) is 0. The summed E-state index contributed by atoms with van der Waals surface area (Å²) in [4.78, 5) is 52.3. The van der Waals surface area contributed by atoms with E-state index in [1.165, 1.54) is 11.8 Å². The number of ether oxygens (including phenoxy) is 1. The molecule has 3 amide bonds. The molecule has 2 aromatic carbocycles. The van der Waals surface area contributed by atoms with E-state index in [9.17, 15) is 19.2 Å². The second-order valence-corrected chi connectivity index (χ2v) is 7.90. The largest absolute Gasteiger partial charge is 0.462 e. The molecule has 0 spiro atoms. The highest BCUT2D eigenvalue weighted by atomic mass is 32.1. The number of amides is 3. The summed E-state index contributed by atoms with van der Waals surface area (Å²) in [6, 6.07) is 14.4. The van der Waals surface area contributed by atoms with Gasteiger partial charge in [-0.25, -0.2) is 4.79 Å². The molecule has 1 saturated heterocycles. The molecule has 10 heteroatoms. The number of thiocarbonyl (C=S) groups is 1. The van der Waals surface area contributed by atoms with Crippen LogP contribution in [0.4, 0.5) is 11.4 Å². The lowest BCUT2D eigenvalue weighted by Gasteiger charge is -2.24. The van der Waals surface area contributed by atoms with Crippen LogP contribution >= 0.6 is 12.2 Å². The number of carbonyl (C=O) groups excluding carboxylic acids is 4.